The molecule has 0 saturated heterocycles. The van der Waals surface area contributed by atoms with E-state index in [4.69, 9.17) is 28.2 Å². The highest BCUT2D eigenvalue weighted by Crippen LogP contribution is 2.25. The van der Waals surface area contributed by atoms with E-state index in [1.54, 1.807) is 6.07 Å². The van der Waals surface area contributed by atoms with Crippen LogP contribution in [-0.2, 0) is 24.9 Å². The summed E-state index contributed by atoms with van der Waals surface area (Å²) in [4.78, 5) is 22.3. The summed E-state index contributed by atoms with van der Waals surface area (Å²) in [6.45, 7) is 8.28. The van der Waals surface area contributed by atoms with E-state index in [2.05, 4.69) is 30.7 Å². The van der Waals surface area contributed by atoms with E-state index >= 15 is 0 Å². The van der Waals surface area contributed by atoms with Crippen molar-refractivity contribution in [2.45, 2.75) is 45.7 Å². The molecule has 6 heteroatoms. The molecule has 1 N–H and O–H groups in total. The number of aromatic nitrogens is 2. The number of H-pyrrole nitrogens is 1. The fraction of sp³-hybridized carbons (Fsp3) is 0.444. The topological polar surface area (TPSA) is 49.0 Å². The number of nitrogens with one attached hydrogen (secondary N) is 1. The van der Waals surface area contributed by atoms with E-state index in [1.165, 1.54) is 0 Å². The molecule has 128 valence electrons. The SMILES string of the molecule is CC(C)(C)c1nc2c(c(=O)[nH]1)CN(Cc1ccc(Cl)cc1Cl)CC2. The molecule has 2 heterocycles. The number of nitrogens with zero attached hydrogens (tertiary/aromatic N) is 2. The van der Waals surface area contributed by atoms with Crippen LogP contribution < -0.4 is 5.56 Å². The minimum Gasteiger partial charge on any atom is -0.310 e. The summed E-state index contributed by atoms with van der Waals surface area (Å²) in [7, 11) is 0. The molecule has 0 spiro atoms. The van der Waals surface area contributed by atoms with Crippen LogP contribution in [0.1, 0.15) is 43.4 Å². The quantitative estimate of drug-likeness (QED) is 0.876. The maximum atomic E-state index is 12.5. The first-order chi connectivity index (χ1) is 11.2. The van der Waals surface area contributed by atoms with Crippen LogP contribution >= 0.6 is 23.2 Å². The van der Waals surface area contributed by atoms with Gasteiger partial charge in [0.2, 0.25) is 0 Å². The number of rotatable bonds is 2. The van der Waals surface area contributed by atoms with Crippen molar-refractivity contribution in [3.8, 4) is 0 Å². The lowest BCUT2D eigenvalue weighted by atomic mass is 9.95. The normalized spacial score (nSPS) is 15.4. The fourth-order valence-corrected chi connectivity index (χ4v) is 3.33. The van der Waals surface area contributed by atoms with E-state index in [-0.39, 0.29) is 11.0 Å². The number of hydrogen-bond donors (Lipinski definition) is 1. The van der Waals surface area contributed by atoms with Crippen LogP contribution in [0.3, 0.4) is 0 Å². The van der Waals surface area contributed by atoms with Crippen molar-refractivity contribution >= 4 is 23.2 Å². The first-order valence-corrected chi connectivity index (χ1v) is 8.78. The summed E-state index contributed by atoms with van der Waals surface area (Å²) >= 11 is 12.2. The first kappa shape index (κ1) is 17.5. The summed E-state index contributed by atoms with van der Waals surface area (Å²) in [5.74, 6) is 0.750. The van der Waals surface area contributed by atoms with Crippen molar-refractivity contribution in [3.05, 3.63) is 61.2 Å². The maximum absolute atomic E-state index is 12.5. The minimum absolute atomic E-state index is 0.0307. The van der Waals surface area contributed by atoms with Gasteiger partial charge in [0, 0.05) is 41.5 Å². The lowest BCUT2D eigenvalue weighted by molar-refractivity contribution is 0.241. The Hall–Kier alpha value is -1.36. The molecule has 4 nitrogen and oxygen atoms in total. The predicted octanol–water partition coefficient (Wildman–Crippen LogP) is 3.93. The zero-order valence-electron chi connectivity index (χ0n) is 14.1. The molecule has 1 aromatic carbocycles. The highest BCUT2D eigenvalue weighted by Gasteiger charge is 2.25. The minimum atomic E-state index is -0.165. The number of fused-ring (bicyclic) bond motifs is 1. The van der Waals surface area contributed by atoms with Gasteiger partial charge in [0.05, 0.1) is 11.3 Å². The summed E-state index contributed by atoms with van der Waals surface area (Å²) in [5.41, 5.74) is 2.50. The van der Waals surface area contributed by atoms with Gasteiger partial charge in [-0.1, -0.05) is 50.0 Å². The van der Waals surface area contributed by atoms with Gasteiger partial charge >= 0.3 is 0 Å². The molecule has 0 saturated carbocycles. The second-order valence-electron chi connectivity index (χ2n) is 7.29. The second kappa shape index (κ2) is 6.51. The highest BCUT2D eigenvalue weighted by atomic mass is 35.5. The van der Waals surface area contributed by atoms with Crippen molar-refractivity contribution in [2.24, 2.45) is 0 Å². The Balaban J connectivity index is 1.83. The van der Waals surface area contributed by atoms with Gasteiger partial charge in [-0.05, 0) is 17.7 Å². The summed E-state index contributed by atoms with van der Waals surface area (Å²) in [5, 5.41) is 1.28. The van der Waals surface area contributed by atoms with Gasteiger partial charge in [0.1, 0.15) is 5.82 Å². The average Bonchev–Trinajstić information content (AvgIpc) is 2.49. The molecular weight excluding hydrogens is 345 g/mol. The zero-order chi connectivity index (χ0) is 17.5. The molecule has 3 rings (SSSR count). The third kappa shape index (κ3) is 3.66. The number of hydrogen-bond acceptors (Lipinski definition) is 3. The molecule has 1 aromatic heterocycles. The van der Waals surface area contributed by atoms with Crippen LogP contribution in [0.5, 0.6) is 0 Å². The molecule has 0 amide bonds. The molecule has 2 aromatic rings. The lowest BCUT2D eigenvalue weighted by Crippen LogP contribution is -2.37. The number of benzene rings is 1. The van der Waals surface area contributed by atoms with Gasteiger partial charge in [-0.15, -0.1) is 0 Å². The number of halogens is 2. The molecule has 24 heavy (non-hydrogen) atoms. The molecule has 1 aliphatic rings. The van der Waals surface area contributed by atoms with Crippen molar-refractivity contribution in [3.63, 3.8) is 0 Å². The van der Waals surface area contributed by atoms with E-state index in [0.717, 1.165) is 35.6 Å². The van der Waals surface area contributed by atoms with Crippen LogP contribution in [0.2, 0.25) is 10.0 Å². The highest BCUT2D eigenvalue weighted by molar-refractivity contribution is 6.35. The summed E-state index contributed by atoms with van der Waals surface area (Å²) in [6.07, 6.45) is 0.771. The first-order valence-electron chi connectivity index (χ1n) is 8.03. The molecule has 0 aliphatic carbocycles. The van der Waals surface area contributed by atoms with Crippen molar-refractivity contribution < 1.29 is 0 Å². The molecule has 0 unspecified atom stereocenters. The Labute approximate surface area is 151 Å². The van der Waals surface area contributed by atoms with Gasteiger partial charge in [-0.2, -0.15) is 0 Å². The van der Waals surface area contributed by atoms with Crippen LogP contribution in [-0.4, -0.2) is 21.4 Å². The largest absolute Gasteiger partial charge is 0.310 e. The Morgan fingerprint density at radius 3 is 2.71 bits per heavy atom. The van der Waals surface area contributed by atoms with Crippen LogP contribution in [0.4, 0.5) is 0 Å². The van der Waals surface area contributed by atoms with Gasteiger partial charge in [-0.3, -0.25) is 9.69 Å². The molecule has 0 radical (unpaired) electrons. The molecule has 0 fully saturated rings. The van der Waals surface area contributed by atoms with Crippen LogP contribution in [0.15, 0.2) is 23.0 Å². The number of aromatic amines is 1. The maximum Gasteiger partial charge on any atom is 0.255 e. The Kier molecular flexibility index (Phi) is 4.73. The van der Waals surface area contributed by atoms with E-state index in [0.29, 0.717) is 23.1 Å². The third-order valence-electron chi connectivity index (χ3n) is 4.27. The zero-order valence-corrected chi connectivity index (χ0v) is 15.6. The van der Waals surface area contributed by atoms with Crippen LogP contribution in [0.25, 0.3) is 0 Å². The fourth-order valence-electron chi connectivity index (χ4n) is 2.86. The second-order valence-corrected chi connectivity index (χ2v) is 8.13. The monoisotopic (exact) mass is 365 g/mol. The lowest BCUT2D eigenvalue weighted by Gasteiger charge is -2.29. The van der Waals surface area contributed by atoms with Crippen molar-refractivity contribution in [1.29, 1.82) is 0 Å². The summed E-state index contributed by atoms with van der Waals surface area (Å²) < 4.78 is 0. The summed E-state index contributed by atoms with van der Waals surface area (Å²) in [6, 6.07) is 5.52. The Morgan fingerprint density at radius 1 is 1.29 bits per heavy atom. The molecular formula is C18H21Cl2N3O. The third-order valence-corrected chi connectivity index (χ3v) is 4.85. The molecule has 0 bridgehead atoms. The smallest absolute Gasteiger partial charge is 0.255 e. The Bertz CT molecular complexity index is 824. The Morgan fingerprint density at radius 2 is 2.04 bits per heavy atom. The van der Waals surface area contributed by atoms with Crippen molar-refractivity contribution in [2.75, 3.05) is 6.54 Å². The van der Waals surface area contributed by atoms with E-state index < -0.39 is 0 Å². The standard InChI is InChI=1S/C18H21Cl2N3O/c1-18(2,3)17-21-15-6-7-23(10-13(15)16(24)22-17)9-11-4-5-12(19)8-14(11)20/h4-5,8H,6-7,9-10H2,1-3H3,(H,21,22,24). The van der Waals surface area contributed by atoms with E-state index in [9.17, 15) is 4.79 Å². The van der Waals surface area contributed by atoms with Crippen molar-refractivity contribution in [1.82, 2.24) is 14.9 Å². The predicted molar refractivity (Wildman–Crippen MR) is 97.8 cm³/mol. The molecule has 0 atom stereocenters. The van der Waals surface area contributed by atoms with Gasteiger partial charge in [0.25, 0.3) is 5.56 Å². The van der Waals surface area contributed by atoms with Crippen LogP contribution in [0, 0.1) is 0 Å². The average molecular weight is 366 g/mol. The van der Waals surface area contributed by atoms with Gasteiger partial charge in [0.15, 0.2) is 0 Å². The van der Waals surface area contributed by atoms with Gasteiger partial charge in [-0.25, -0.2) is 4.98 Å². The van der Waals surface area contributed by atoms with E-state index in [1.807, 2.05) is 12.1 Å². The molecule has 1 aliphatic heterocycles. The van der Waals surface area contributed by atoms with Gasteiger partial charge < -0.3 is 4.98 Å².